The van der Waals surface area contributed by atoms with Gasteiger partial charge in [-0.05, 0) is 47.9 Å². The van der Waals surface area contributed by atoms with Crippen molar-refractivity contribution in [1.29, 1.82) is 0 Å². The van der Waals surface area contributed by atoms with Crippen molar-refractivity contribution in [2.75, 3.05) is 0 Å². The molecular weight excluding hydrogens is 440 g/mol. The van der Waals surface area contributed by atoms with Crippen LogP contribution in [0.25, 0.3) is 33.8 Å². The van der Waals surface area contributed by atoms with Gasteiger partial charge in [0.1, 0.15) is 22.9 Å². The third-order valence-electron chi connectivity index (χ3n) is 6.22. The van der Waals surface area contributed by atoms with Gasteiger partial charge in [0.2, 0.25) is 0 Å². The summed E-state index contributed by atoms with van der Waals surface area (Å²) in [6.45, 7) is 4.44. The molecule has 6 nitrogen and oxygen atoms in total. The average Bonchev–Trinajstić information content (AvgIpc) is 3.18. The normalized spacial score (nSPS) is 14.7. The number of hydrogen-bond acceptors (Lipinski definition) is 3. The molecule has 0 fully saturated rings. The second-order valence-corrected chi connectivity index (χ2v) is 8.73. The molecule has 2 aromatic heterocycles. The standard InChI is InChI=1S/C26H21F2N3O3/c1-14(2)21-13-31-25(20-11-22(32)19(26(33)34)12-30(20)21)23(16-4-3-5-18(28)10-16)24(29-31)15-6-8-17(27)9-7-15/h3-12,14,21H,13H2,1-2H3,(H,33,34)/t21-/m0/s1. The summed E-state index contributed by atoms with van der Waals surface area (Å²) in [5.74, 6) is -2.01. The Morgan fingerprint density at radius 1 is 1.06 bits per heavy atom. The highest BCUT2D eigenvalue weighted by atomic mass is 19.1. The molecule has 0 unspecified atom stereocenters. The lowest BCUT2D eigenvalue weighted by Crippen LogP contribution is -2.31. The molecule has 0 aliphatic carbocycles. The number of halogens is 2. The first-order chi connectivity index (χ1) is 16.2. The number of benzene rings is 2. The molecule has 1 N–H and O–H groups in total. The molecule has 2 aromatic carbocycles. The molecule has 0 spiro atoms. The molecule has 0 saturated heterocycles. The molecule has 34 heavy (non-hydrogen) atoms. The van der Waals surface area contributed by atoms with Gasteiger partial charge in [-0.2, -0.15) is 5.10 Å². The van der Waals surface area contributed by atoms with Crippen molar-refractivity contribution in [3.63, 3.8) is 0 Å². The quantitative estimate of drug-likeness (QED) is 0.451. The minimum atomic E-state index is -1.29. The molecule has 3 heterocycles. The number of aromatic nitrogens is 3. The fraction of sp³-hybridized carbons (Fsp3) is 0.192. The predicted octanol–water partition coefficient (Wildman–Crippen LogP) is 5.23. The lowest BCUT2D eigenvalue weighted by molar-refractivity contribution is 0.0694. The van der Waals surface area contributed by atoms with Crippen LogP contribution >= 0.6 is 0 Å². The van der Waals surface area contributed by atoms with E-state index < -0.39 is 23.0 Å². The van der Waals surface area contributed by atoms with Crippen molar-refractivity contribution < 1.29 is 18.7 Å². The Bertz CT molecular complexity index is 1490. The highest BCUT2D eigenvalue weighted by Gasteiger charge is 2.33. The lowest BCUT2D eigenvalue weighted by Gasteiger charge is -2.32. The van der Waals surface area contributed by atoms with Crippen LogP contribution in [0.1, 0.15) is 30.2 Å². The van der Waals surface area contributed by atoms with Crippen LogP contribution in [0, 0.1) is 17.6 Å². The van der Waals surface area contributed by atoms with E-state index >= 15 is 0 Å². The molecule has 0 bridgehead atoms. The van der Waals surface area contributed by atoms with Crippen LogP contribution in [-0.2, 0) is 6.54 Å². The topological polar surface area (TPSA) is 77.1 Å². The van der Waals surface area contributed by atoms with Crippen molar-refractivity contribution in [3.8, 4) is 33.8 Å². The van der Waals surface area contributed by atoms with Crippen molar-refractivity contribution in [2.24, 2.45) is 5.92 Å². The zero-order valence-corrected chi connectivity index (χ0v) is 18.5. The van der Waals surface area contributed by atoms with Crippen molar-refractivity contribution in [1.82, 2.24) is 14.3 Å². The minimum absolute atomic E-state index is 0.104. The maximum Gasteiger partial charge on any atom is 0.341 e. The summed E-state index contributed by atoms with van der Waals surface area (Å²) < 4.78 is 31.5. The second-order valence-electron chi connectivity index (χ2n) is 8.73. The maximum atomic E-state index is 14.3. The van der Waals surface area contributed by atoms with Crippen molar-refractivity contribution >= 4 is 5.97 Å². The first-order valence-electron chi connectivity index (χ1n) is 10.9. The van der Waals surface area contributed by atoms with E-state index in [0.717, 1.165) is 0 Å². The van der Waals surface area contributed by atoms with Gasteiger partial charge in [0.25, 0.3) is 0 Å². The number of aromatic carboxylic acids is 1. The van der Waals surface area contributed by atoms with Gasteiger partial charge in [0.15, 0.2) is 5.43 Å². The average molecular weight is 461 g/mol. The SMILES string of the molecule is CC(C)[C@@H]1Cn2nc(-c3ccc(F)cc3)c(-c3cccc(F)c3)c2-c2cc(=O)c(C(=O)O)cn21. The van der Waals surface area contributed by atoms with E-state index in [0.29, 0.717) is 40.3 Å². The fourth-order valence-corrected chi connectivity index (χ4v) is 4.55. The van der Waals surface area contributed by atoms with Crippen molar-refractivity contribution in [2.45, 2.75) is 26.4 Å². The third kappa shape index (κ3) is 3.51. The van der Waals surface area contributed by atoms with Crippen LogP contribution < -0.4 is 5.43 Å². The maximum absolute atomic E-state index is 14.3. The van der Waals surface area contributed by atoms with Gasteiger partial charge in [-0.15, -0.1) is 0 Å². The number of carboxylic acids is 1. The van der Waals surface area contributed by atoms with E-state index in [1.807, 2.05) is 18.4 Å². The summed E-state index contributed by atoms with van der Waals surface area (Å²) in [6, 6.07) is 13.1. The molecule has 0 radical (unpaired) electrons. The van der Waals surface area contributed by atoms with Crippen LogP contribution in [0.4, 0.5) is 8.78 Å². The second kappa shape index (κ2) is 8.06. The van der Waals surface area contributed by atoms with Crippen LogP contribution in [-0.4, -0.2) is 25.4 Å². The number of carbonyl (C=O) groups is 1. The van der Waals surface area contributed by atoms with E-state index in [1.54, 1.807) is 28.9 Å². The smallest absolute Gasteiger partial charge is 0.341 e. The Hall–Kier alpha value is -4.07. The first-order valence-corrected chi connectivity index (χ1v) is 10.9. The number of carboxylic acid groups (broad SMARTS) is 1. The van der Waals surface area contributed by atoms with Crippen molar-refractivity contribution in [3.05, 3.63) is 88.2 Å². The van der Waals surface area contributed by atoms with E-state index in [2.05, 4.69) is 0 Å². The third-order valence-corrected chi connectivity index (χ3v) is 6.22. The Balaban J connectivity index is 1.87. The van der Waals surface area contributed by atoms with Gasteiger partial charge in [-0.25, -0.2) is 13.6 Å². The number of fused-ring (bicyclic) bond motifs is 3. The van der Waals surface area contributed by atoms with E-state index in [9.17, 15) is 23.5 Å². The number of nitrogens with zero attached hydrogens (tertiary/aromatic N) is 3. The summed E-state index contributed by atoms with van der Waals surface area (Å²) in [5.41, 5.74) is 2.44. The first kappa shape index (κ1) is 21.8. The van der Waals surface area contributed by atoms with E-state index in [-0.39, 0.29) is 17.5 Å². The molecular formula is C26H21F2N3O3. The number of hydrogen-bond donors (Lipinski definition) is 1. The lowest BCUT2D eigenvalue weighted by atomic mass is 9.94. The molecule has 1 atom stereocenters. The predicted molar refractivity (Wildman–Crippen MR) is 124 cm³/mol. The minimum Gasteiger partial charge on any atom is -0.477 e. The Morgan fingerprint density at radius 2 is 1.79 bits per heavy atom. The molecule has 1 aliphatic heterocycles. The van der Waals surface area contributed by atoms with Gasteiger partial charge < -0.3 is 9.67 Å². The van der Waals surface area contributed by atoms with E-state index in [1.165, 1.54) is 36.5 Å². The molecule has 0 amide bonds. The highest BCUT2D eigenvalue weighted by molar-refractivity contribution is 5.92. The van der Waals surface area contributed by atoms with Gasteiger partial charge in [-0.3, -0.25) is 9.48 Å². The van der Waals surface area contributed by atoms with Gasteiger partial charge in [0.05, 0.1) is 24.0 Å². The monoisotopic (exact) mass is 461 g/mol. The van der Waals surface area contributed by atoms with Gasteiger partial charge in [0, 0.05) is 23.4 Å². The number of rotatable bonds is 4. The van der Waals surface area contributed by atoms with Crippen LogP contribution in [0.5, 0.6) is 0 Å². The Labute approximate surface area is 193 Å². The Kier molecular flexibility index (Phi) is 5.16. The number of pyridine rings is 1. The zero-order valence-electron chi connectivity index (χ0n) is 18.5. The summed E-state index contributed by atoms with van der Waals surface area (Å²) in [4.78, 5) is 24.4. The summed E-state index contributed by atoms with van der Waals surface area (Å²) in [5, 5.41) is 14.3. The molecule has 172 valence electrons. The van der Waals surface area contributed by atoms with Gasteiger partial charge in [-0.1, -0.05) is 26.0 Å². The van der Waals surface area contributed by atoms with Gasteiger partial charge >= 0.3 is 5.97 Å². The zero-order chi connectivity index (χ0) is 24.1. The summed E-state index contributed by atoms with van der Waals surface area (Å²) in [7, 11) is 0. The van der Waals surface area contributed by atoms with Crippen LogP contribution in [0.2, 0.25) is 0 Å². The largest absolute Gasteiger partial charge is 0.477 e. The molecule has 8 heteroatoms. The summed E-state index contributed by atoms with van der Waals surface area (Å²) in [6.07, 6.45) is 1.38. The summed E-state index contributed by atoms with van der Waals surface area (Å²) >= 11 is 0. The van der Waals surface area contributed by atoms with Crippen LogP contribution in [0.15, 0.2) is 65.6 Å². The molecule has 5 rings (SSSR count). The Morgan fingerprint density at radius 3 is 2.44 bits per heavy atom. The molecule has 0 saturated carbocycles. The highest BCUT2D eigenvalue weighted by Crippen LogP contribution is 2.44. The molecule has 4 aromatic rings. The molecule has 1 aliphatic rings. The van der Waals surface area contributed by atoms with E-state index in [4.69, 9.17) is 5.10 Å². The van der Waals surface area contributed by atoms with Crippen LogP contribution in [0.3, 0.4) is 0 Å². The fourth-order valence-electron chi connectivity index (χ4n) is 4.55.